The molecular weight excluding hydrogens is 292 g/mol. The molecule has 0 spiro atoms. The summed E-state index contributed by atoms with van der Waals surface area (Å²) in [5, 5.41) is 7.28. The molecule has 0 aliphatic rings. The fraction of sp³-hybridized carbons (Fsp3) is 0.412. The van der Waals surface area contributed by atoms with Gasteiger partial charge in [0.2, 0.25) is 5.91 Å². The minimum Gasteiger partial charge on any atom is -0.497 e. The molecule has 1 atom stereocenters. The van der Waals surface area contributed by atoms with Crippen molar-refractivity contribution in [3.63, 3.8) is 0 Å². The van der Waals surface area contributed by atoms with Gasteiger partial charge in [-0.3, -0.25) is 4.79 Å². The number of hydrogen-bond donors (Lipinski definition) is 2. The van der Waals surface area contributed by atoms with Crippen LogP contribution in [0.1, 0.15) is 26.0 Å². The molecule has 0 saturated heterocycles. The second-order valence-corrected chi connectivity index (χ2v) is 5.90. The highest BCUT2D eigenvalue weighted by Crippen LogP contribution is 2.14. The van der Waals surface area contributed by atoms with Crippen molar-refractivity contribution < 1.29 is 9.53 Å². The minimum atomic E-state index is -0.473. The number of nitrogens with one attached hydrogen (secondary N) is 1. The Balaban J connectivity index is 1.93. The Morgan fingerprint density at radius 3 is 2.61 bits per heavy atom. The van der Waals surface area contributed by atoms with E-state index in [9.17, 15) is 4.79 Å². The molecule has 1 aromatic heterocycles. The van der Waals surface area contributed by atoms with Gasteiger partial charge in [-0.25, -0.2) is 4.68 Å². The van der Waals surface area contributed by atoms with E-state index in [1.807, 2.05) is 50.4 Å². The molecule has 2 rings (SSSR count). The molecule has 0 bridgehead atoms. The Morgan fingerprint density at radius 2 is 2.00 bits per heavy atom. The largest absolute Gasteiger partial charge is 0.497 e. The van der Waals surface area contributed by atoms with E-state index in [2.05, 4.69) is 10.4 Å². The van der Waals surface area contributed by atoms with E-state index in [-0.39, 0.29) is 5.91 Å². The summed E-state index contributed by atoms with van der Waals surface area (Å²) in [6.07, 6.45) is 2.53. The van der Waals surface area contributed by atoms with E-state index in [1.54, 1.807) is 11.8 Å². The molecule has 1 amide bonds. The highest BCUT2D eigenvalue weighted by molar-refractivity contribution is 5.81. The molecule has 6 heteroatoms. The van der Waals surface area contributed by atoms with Gasteiger partial charge in [0.15, 0.2) is 0 Å². The maximum absolute atomic E-state index is 11.9. The van der Waals surface area contributed by atoms with Crippen LogP contribution in [0.25, 0.3) is 5.69 Å². The molecule has 0 fully saturated rings. The number of carbonyl (C=O) groups excluding carboxylic acids is 1. The van der Waals surface area contributed by atoms with Gasteiger partial charge in [-0.1, -0.05) is 13.8 Å². The van der Waals surface area contributed by atoms with Gasteiger partial charge in [0, 0.05) is 6.20 Å². The van der Waals surface area contributed by atoms with E-state index in [1.165, 1.54) is 0 Å². The van der Waals surface area contributed by atoms with Crippen LogP contribution >= 0.6 is 0 Å². The number of nitrogens with zero attached hydrogens (tertiary/aromatic N) is 2. The number of methoxy groups -OCH3 is 1. The van der Waals surface area contributed by atoms with Crippen LogP contribution in [0.5, 0.6) is 5.75 Å². The number of nitrogens with two attached hydrogens (primary N) is 1. The predicted molar refractivity (Wildman–Crippen MR) is 89.4 cm³/mol. The van der Waals surface area contributed by atoms with Crippen molar-refractivity contribution in [2.45, 2.75) is 32.9 Å². The molecule has 0 aliphatic heterocycles. The number of rotatable bonds is 7. The number of aromatic nitrogens is 2. The first-order valence-corrected chi connectivity index (χ1v) is 7.72. The number of hydrogen-bond acceptors (Lipinski definition) is 4. The van der Waals surface area contributed by atoms with E-state index in [0.29, 0.717) is 18.9 Å². The molecule has 0 saturated carbocycles. The number of benzene rings is 1. The van der Waals surface area contributed by atoms with Gasteiger partial charge in [0.05, 0.1) is 31.1 Å². The number of ether oxygens (including phenoxy) is 1. The van der Waals surface area contributed by atoms with Crippen LogP contribution in [0.2, 0.25) is 0 Å². The molecule has 1 heterocycles. The SMILES string of the molecule is COc1ccc(-n2ccc(CNC(=O)[C@@H](N)CC(C)C)n2)cc1. The third-order valence-corrected chi connectivity index (χ3v) is 3.49. The first-order chi connectivity index (χ1) is 11.0. The van der Waals surface area contributed by atoms with E-state index < -0.39 is 6.04 Å². The minimum absolute atomic E-state index is 0.141. The Labute approximate surface area is 136 Å². The molecular formula is C17H24N4O2. The van der Waals surface area contributed by atoms with Crippen LogP contribution < -0.4 is 15.8 Å². The zero-order chi connectivity index (χ0) is 16.8. The van der Waals surface area contributed by atoms with Gasteiger partial charge < -0.3 is 15.8 Å². The van der Waals surface area contributed by atoms with Crippen LogP contribution in [0, 0.1) is 5.92 Å². The Bertz CT molecular complexity index is 634. The zero-order valence-corrected chi connectivity index (χ0v) is 13.8. The highest BCUT2D eigenvalue weighted by atomic mass is 16.5. The lowest BCUT2D eigenvalue weighted by Crippen LogP contribution is -2.41. The number of amides is 1. The first-order valence-electron chi connectivity index (χ1n) is 7.72. The monoisotopic (exact) mass is 316 g/mol. The third-order valence-electron chi connectivity index (χ3n) is 3.49. The van der Waals surface area contributed by atoms with Crippen LogP contribution in [0.15, 0.2) is 36.5 Å². The molecule has 3 N–H and O–H groups in total. The van der Waals surface area contributed by atoms with Crippen molar-refractivity contribution in [2.75, 3.05) is 7.11 Å². The van der Waals surface area contributed by atoms with E-state index in [0.717, 1.165) is 17.1 Å². The Kier molecular flexibility index (Phi) is 5.76. The van der Waals surface area contributed by atoms with Gasteiger partial charge in [0.25, 0.3) is 0 Å². The van der Waals surface area contributed by atoms with Gasteiger partial charge in [-0.05, 0) is 42.7 Å². The molecule has 124 valence electrons. The van der Waals surface area contributed by atoms with Gasteiger partial charge in [-0.2, -0.15) is 5.10 Å². The molecule has 1 aromatic carbocycles. The Morgan fingerprint density at radius 1 is 1.30 bits per heavy atom. The standard InChI is InChI=1S/C17H24N4O2/c1-12(2)10-16(18)17(22)19-11-13-8-9-21(20-13)14-4-6-15(23-3)7-5-14/h4-9,12,16H,10-11,18H2,1-3H3,(H,19,22)/t16-/m0/s1. The molecule has 2 aromatic rings. The predicted octanol–water partition coefficient (Wildman–Crippen LogP) is 1.87. The normalized spacial score (nSPS) is 12.2. The fourth-order valence-corrected chi connectivity index (χ4v) is 2.26. The summed E-state index contributed by atoms with van der Waals surface area (Å²) in [7, 11) is 1.63. The summed E-state index contributed by atoms with van der Waals surface area (Å²) in [5.74, 6) is 1.05. The molecule has 0 unspecified atom stereocenters. The lowest BCUT2D eigenvalue weighted by atomic mass is 10.0. The topological polar surface area (TPSA) is 82.2 Å². The van der Waals surface area contributed by atoms with E-state index in [4.69, 9.17) is 10.5 Å². The highest BCUT2D eigenvalue weighted by Gasteiger charge is 2.14. The Hall–Kier alpha value is -2.34. The summed E-state index contributed by atoms with van der Waals surface area (Å²) < 4.78 is 6.89. The summed E-state index contributed by atoms with van der Waals surface area (Å²) in [6, 6.07) is 9.00. The summed E-state index contributed by atoms with van der Waals surface area (Å²) >= 11 is 0. The molecule has 0 radical (unpaired) electrons. The van der Waals surface area contributed by atoms with Gasteiger partial charge in [0.1, 0.15) is 5.75 Å². The van der Waals surface area contributed by atoms with Crippen molar-refractivity contribution in [3.05, 3.63) is 42.2 Å². The lowest BCUT2D eigenvalue weighted by molar-refractivity contribution is -0.122. The van der Waals surface area contributed by atoms with Gasteiger partial charge in [-0.15, -0.1) is 0 Å². The second-order valence-electron chi connectivity index (χ2n) is 5.90. The maximum Gasteiger partial charge on any atom is 0.237 e. The van der Waals surface area contributed by atoms with Crippen LogP contribution in [0.3, 0.4) is 0 Å². The van der Waals surface area contributed by atoms with Crippen LogP contribution in [0.4, 0.5) is 0 Å². The van der Waals surface area contributed by atoms with E-state index >= 15 is 0 Å². The van der Waals surface area contributed by atoms with Crippen molar-refractivity contribution in [1.82, 2.24) is 15.1 Å². The molecule has 0 aliphatic carbocycles. The average molecular weight is 316 g/mol. The second kappa shape index (κ2) is 7.78. The van der Waals surface area contributed by atoms with Crippen molar-refractivity contribution in [1.29, 1.82) is 0 Å². The third kappa shape index (κ3) is 4.82. The lowest BCUT2D eigenvalue weighted by Gasteiger charge is -2.13. The number of carbonyl (C=O) groups is 1. The first kappa shape index (κ1) is 17.0. The van der Waals surface area contributed by atoms with Gasteiger partial charge >= 0.3 is 0 Å². The summed E-state index contributed by atoms with van der Waals surface area (Å²) in [5.41, 5.74) is 7.57. The molecule has 6 nitrogen and oxygen atoms in total. The summed E-state index contributed by atoms with van der Waals surface area (Å²) in [4.78, 5) is 11.9. The molecule has 23 heavy (non-hydrogen) atoms. The fourth-order valence-electron chi connectivity index (χ4n) is 2.26. The summed E-state index contributed by atoms with van der Waals surface area (Å²) in [6.45, 7) is 4.46. The van der Waals surface area contributed by atoms with Crippen molar-refractivity contribution in [2.24, 2.45) is 11.7 Å². The zero-order valence-electron chi connectivity index (χ0n) is 13.8. The van der Waals surface area contributed by atoms with Crippen LogP contribution in [-0.4, -0.2) is 28.8 Å². The van der Waals surface area contributed by atoms with Crippen molar-refractivity contribution >= 4 is 5.91 Å². The maximum atomic E-state index is 11.9. The smallest absolute Gasteiger partial charge is 0.237 e. The average Bonchev–Trinajstić information content (AvgIpc) is 3.01. The van der Waals surface area contributed by atoms with Crippen molar-refractivity contribution in [3.8, 4) is 11.4 Å². The van der Waals surface area contributed by atoms with Crippen LogP contribution in [-0.2, 0) is 11.3 Å². The quantitative estimate of drug-likeness (QED) is 0.817.